The highest BCUT2D eigenvalue weighted by Gasteiger charge is 2.08. The number of aromatic nitrogens is 3. The SMILES string of the molecule is NCCCc1nnc(-c2ccc(Cl)cn2)o1. The van der Waals surface area contributed by atoms with Gasteiger partial charge < -0.3 is 10.2 Å². The van der Waals surface area contributed by atoms with Crippen LogP contribution in [0.15, 0.2) is 22.7 Å². The topological polar surface area (TPSA) is 77.8 Å². The third kappa shape index (κ3) is 2.56. The summed E-state index contributed by atoms with van der Waals surface area (Å²) >= 11 is 5.73. The second-order valence-electron chi connectivity index (χ2n) is 3.25. The molecule has 6 heteroatoms. The van der Waals surface area contributed by atoms with Gasteiger partial charge in [-0.1, -0.05) is 11.6 Å². The number of halogens is 1. The third-order valence-electron chi connectivity index (χ3n) is 2.01. The molecule has 0 atom stereocenters. The van der Waals surface area contributed by atoms with E-state index in [2.05, 4.69) is 15.2 Å². The van der Waals surface area contributed by atoms with Crippen molar-refractivity contribution >= 4 is 11.6 Å². The molecule has 5 nitrogen and oxygen atoms in total. The highest BCUT2D eigenvalue weighted by Crippen LogP contribution is 2.17. The largest absolute Gasteiger partial charge is 0.419 e. The number of hydrogen-bond acceptors (Lipinski definition) is 5. The smallest absolute Gasteiger partial charge is 0.266 e. The Morgan fingerprint density at radius 3 is 2.88 bits per heavy atom. The van der Waals surface area contributed by atoms with Gasteiger partial charge in [-0.15, -0.1) is 10.2 Å². The molecule has 0 fully saturated rings. The van der Waals surface area contributed by atoms with Gasteiger partial charge >= 0.3 is 0 Å². The van der Waals surface area contributed by atoms with Crippen molar-refractivity contribution in [3.8, 4) is 11.6 Å². The first kappa shape index (κ1) is 11.0. The van der Waals surface area contributed by atoms with Crippen molar-refractivity contribution in [2.75, 3.05) is 6.54 Å². The van der Waals surface area contributed by atoms with Gasteiger partial charge in [0, 0.05) is 12.6 Å². The Kier molecular flexibility index (Phi) is 3.48. The van der Waals surface area contributed by atoms with Crippen molar-refractivity contribution in [1.29, 1.82) is 0 Å². The van der Waals surface area contributed by atoms with Crippen LogP contribution in [0.1, 0.15) is 12.3 Å². The second kappa shape index (κ2) is 5.05. The molecular weight excluding hydrogens is 228 g/mol. The van der Waals surface area contributed by atoms with E-state index >= 15 is 0 Å². The molecule has 0 bridgehead atoms. The van der Waals surface area contributed by atoms with Crippen molar-refractivity contribution < 1.29 is 4.42 Å². The molecule has 0 aliphatic carbocycles. The van der Waals surface area contributed by atoms with Crippen LogP contribution in [0.25, 0.3) is 11.6 Å². The summed E-state index contributed by atoms with van der Waals surface area (Å²) in [6.07, 6.45) is 3.06. The predicted molar refractivity (Wildman–Crippen MR) is 59.9 cm³/mol. The maximum atomic E-state index is 5.73. The molecular formula is C10H11ClN4O. The second-order valence-corrected chi connectivity index (χ2v) is 3.69. The molecule has 2 aromatic rings. The maximum Gasteiger partial charge on any atom is 0.266 e. The zero-order chi connectivity index (χ0) is 11.4. The average Bonchev–Trinajstić information content (AvgIpc) is 2.76. The van der Waals surface area contributed by atoms with Gasteiger partial charge in [0.25, 0.3) is 5.89 Å². The molecule has 2 aromatic heterocycles. The number of pyridine rings is 1. The first-order chi connectivity index (χ1) is 7.79. The van der Waals surface area contributed by atoms with Gasteiger partial charge in [0.05, 0.1) is 5.02 Å². The summed E-state index contributed by atoms with van der Waals surface area (Å²) in [6.45, 7) is 0.608. The van der Waals surface area contributed by atoms with Crippen molar-refractivity contribution in [1.82, 2.24) is 15.2 Å². The molecule has 0 aliphatic rings. The van der Waals surface area contributed by atoms with Gasteiger partial charge in [-0.3, -0.25) is 0 Å². The molecule has 2 N–H and O–H groups in total. The molecule has 0 unspecified atom stereocenters. The van der Waals surface area contributed by atoms with E-state index in [9.17, 15) is 0 Å². The summed E-state index contributed by atoms with van der Waals surface area (Å²) in [5, 5.41) is 8.39. The van der Waals surface area contributed by atoms with E-state index in [1.807, 2.05) is 0 Å². The lowest BCUT2D eigenvalue weighted by Gasteiger charge is -1.93. The van der Waals surface area contributed by atoms with E-state index in [1.165, 1.54) is 0 Å². The number of aryl methyl sites for hydroxylation is 1. The summed E-state index contributed by atoms with van der Waals surface area (Å²) in [5.41, 5.74) is 6.02. The minimum Gasteiger partial charge on any atom is -0.419 e. The number of rotatable bonds is 4. The Hall–Kier alpha value is -1.46. The zero-order valence-corrected chi connectivity index (χ0v) is 9.31. The van der Waals surface area contributed by atoms with Crippen molar-refractivity contribution in [2.45, 2.75) is 12.8 Å². The van der Waals surface area contributed by atoms with E-state index in [4.69, 9.17) is 21.8 Å². The fourth-order valence-corrected chi connectivity index (χ4v) is 1.33. The highest BCUT2D eigenvalue weighted by molar-refractivity contribution is 6.30. The summed E-state index contributed by atoms with van der Waals surface area (Å²) in [5.74, 6) is 0.987. The monoisotopic (exact) mass is 238 g/mol. The number of nitrogens with zero attached hydrogens (tertiary/aromatic N) is 3. The first-order valence-electron chi connectivity index (χ1n) is 4.94. The Morgan fingerprint density at radius 2 is 2.19 bits per heavy atom. The summed E-state index contributed by atoms with van der Waals surface area (Å²) in [6, 6.07) is 3.47. The van der Waals surface area contributed by atoms with Gasteiger partial charge in [0.15, 0.2) is 0 Å². The molecule has 0 amide bonds. The standard InChI is InChI=1S/C10H11ClN4O/c11-7-3-4-8(13-6-7)10-15-14-9(16-10)2-1-5-12/h3-4,6H,1-2,5,12H2. The molecule has 0 radical (unpaired) electrons. The van der Waals surface area contributed by atoms with Crippen LogP contribution in [0.5, 0.6) is 0 Å². The van der Waals surface area contributed by atoms with Crippen LogP contribution in [0, 0.1) is 0 Å². The fraction of sp³-hybridized carbons (Fsp3) is 0.300. The minimum absolute atomic E-state index is 0.406. The van der Waals surface area contributed by atoms with Gasteiger partial charge in [0.1, 0.15) is 5.69 Å². The molecule has 16 heavy (non-hydrogen) atoms. The summed E-state index contributed by atoms with van der Waals surface area (Å²) < 4.78 is 5.43. The van der Waals surface area contributed by atoms with E-state index in [-0.39, 0.29) is 0 Å². The fourth-order valence-electron chi connectivity index (χ4n) is 1.21. The molecule has 2 heterocycles. The third-order valence-corrected chi connectivity index (χ3v) is 2.23. The number of nitrogens with two attached hydrogens (primary N) is 1. The first-order valence-corrected chi connectivity index (χ1v) is 5.32. The van der Waals surface area contributed by atoms with Crippen LogP contribution in [0.4, 0.5) is 0 Å². The molecule has 0 spiro atoms. The summed E-state index contributed by atoms with van der Waals surface area (Å²) in [7, 11) is 0. The normalized spacial score (nSPS) is 10.6. The Morgan fingerprint density at radius 1 is 1.31 bits per heavy atom. The highest BCUT2D eigenvalue weighted by atomic mass is 35.5. The quantitative estimate of drug-likeness (QED) is 0.877. The minimum atomic E-state index is 0.406. The van der Waals surface area contributed by atoms with Crippen LogP contribution in [-0.4, -0.2) is 21.7 Å². The Balaban J connectivity index is 2.15. The molecule has 2 rings (SSSR count). The van der Waals surface area contributed by atoms with Crippen LogP contribution in [0.3, 0.4) is 0 Å². The van der Waals surface area contributed by atoms with E-state index < -0.39 is 0 Å². The van der Waals surface area contributed by atoms with Gasteiger partial charge in [-0.05, 0) is 25.1 Å². The summed E-state index contributed by atoms with van der Waals surface area (Å²) in [4.78, 5) is 4.09. The van der Waals surface area contributed by atoms with Gasteiger partial charge in [0.2, 0.25) is 5.89 Å². The molecule has 0 aromatic carbocycles. The predicted octanol–water partition coefficient (Wildman–Crippen LogP) is 1.68. The molecule has 0 aliphatic heterocycles. The van der Waals surface area contributed by atoms with Crippen LogP contribution in [0.2, 0.25) is 5.02 Å². The van der Waals surface area contributed by atoms with Gasteiger partial charge in [-0.25, -0.2) is 4.98 Å². The van der Waals surface area contributed by atoms with E-state index in [0.29, 0.717) is 35.5 Å². The number of hydrogen-bond donors (Lipinski definition) is 1. The van der Waals surface area contributed by atoms with Crippen molar-refractivity contribution in [3.05, 3.63) is 29.2 Å². The maximum absolute atomic E-state index is 5.73. The lowest BCUT2D eigenvalue weighted by Crippen LogP contribution is -2.00. The lowest BCUT2D eigenvalue weighted by atomic mass is 10.3. The van der Waals surface area contributed by atoms with Crippen molar-refractivity contribution in [2.24, 2.45) is 5.73 Å². The Bertz CT molecular complexity index is 454. The van der Waals surface area contributed by atoms with Crippen LogP contribution < -0.4 is 5.73 Å². The molecule has 0 saturated heterocycles. The average molecular weight is 239 g/mol. The van der Waals surface area contributed by atoms with E-state index in [1.54, 1.807) is 18.3 Å². The van der Waals surface area contributed by atoms with E-state index in [0.717, 1.165) is 6.42 Å². The molecule has 84 valence electrons. The Labute approximate surface area is 97.6 Å². The molecule has 0 saturated carbocycles. The van der Waals surface area contributed by atoms with Crippen molar-refractivity contribution in [3.63, 3.8) is 0 Å². The van der Waals surface area contributed by atoms with Crippen LogP contribution >= 0.6 is 11.6 Å². The zero-order valence-electron chi connectivity index (χ0n) is 8.56. The lowest BCUT2D eigenvalue weighted by molar-refractivity contribution is 0.497. The van der Waals surface area contributed by atoms with Gasteiger partial charge in [-0.2, -0.15) is 0 Å². The van der Waals surface area contributed by atoms with Crippen LogP contribution in [-0.2, 0) is 6.42 Å².